The summed E-state index contributed by atoms with van der Waals surface area (Å²) in [6.07, 6.45) is 0.740. The zero-order chi connectivity index (χ0) is 12.1. The van der Waals surface area contributed by atoms with Crippen molar-refractivity contribution < 1.29 is 24.2 Å². The normalized spacial score (nSPS) is 27.6. The minimum atomic E-state index is -0.526. The molecule has 1 heterocycles. The fourth-order valence-corrected chi connectivity index (χ4v) is 1.76. The second-order valence-corrected chi connectivity index (χ2v) is 4.27. The number of hydrogen-bond donors (Lipinski definition) is 1. The van der Waals surface area contributed by atoms with E-state index in [1.165, 1.54) is 0 Å². The summed E-state index contributed by atoms with van der Waals surface area (Å²) in [4.78, 5) is 20.8. The van der Waals surface area contributed by atoms with Crippen LogP contribution in [0.3, 0.4) is 0 Å². The first-order chi connectivity index (χ1) is 7.54. The number of carbonyl (C=O) groups excluding carboxylic acids is 2. The van der Waals surface area contributed by atoms with E-state index in [2.05, 4.69) is 4.74 Å². The molecular weight excluding hydrogens is 212 g/mol. The van der Waals surface area contributed by atoms with Crippen LogP contribution in [0.25, 0.3) is 0 Å². The topological polar surface area (TPSA) is 72.8 Å². The largest absolute Gasteiger partial charge is 0.465 e. The Morgan fingerprint density at radius 1 is 1.62 bits per heavy atom. The molecule has 1 fully saturated rings. The van der Waals surface area contributed by atoms with Crippen LogP contribution < -0.4 is 0 Å². The molecule has 1 N–H and O–H groups in total. The second-order valence-electron chi connectivity index (χ2n) is 4.27. The average Bonchev–Trinajstić information content (AvgIpc) is 2.23. The van der Waals surface area contributed by atoms with Crippen LogP contribution in [0.2, 0.25) is 0 Å². The van der Waals surface area contributed by atoms with Crippen molar-refractivity contribution in [1.29, 1.82) is 0 Å². The molecule has 1 rings (SSSR count). The highest BCUT2D eigenvalue weighted by Crippen LogP contribution is 2.26. The summed E-state index contributed by atoms with van der Waals surface area (Å²) >= 11 is 0. The van der Waals surface area contributed by atoms with Gasteiger partial charge in [0.05, 0.1) is 12.0 Å². The zero-order valence-corrected chi connectivity index (χ0v) is 9.59. The van der Waals surface area contributed by atoms with Crippen molar-refractivity contribution in [1.82, 2.24) is 0 Å². The lowest BCUT2D eigenvalue weighted by atomic mass is 9.93. The standard InChI is InChI=1S/C11H18O5/c1-7(15-6-12)5-9(13)3-4-10-8(2)11(14)16-10/h6-10,13H,3-5H2,1-2H3/t7-,8+,9-,10+/m0/s1. The summed E-state index contributed by atoms with van der Waals surface area (Å²) < 4.78 is 9.59. The van der Waals surface area contributed by atoms with Crippen molar-refractivity contribution >= 4 is 12.4 Å². The molecule has 0 aliphatic carbocycles. The lowest BCUT2D eigenvalue weighted by Crippen LogP contribution is -2.43. The number of ether oxygens (including phenoxy) is 2. The minimum absolute atomic E-state index is 0.0594. The van der Waals surface area contributed by atoms with Gasteiger partial charge in [-0.2, -0.15) is 0 Å². The van der Waals surface area contributed by atoms with Gasteiger partial charge in [0.1, 0.15) is 12.2 Å². The van der Waals surface area contributed by atoms with Crippen molar-refractivity contribution in [3.05, 3.63) is 0 Å². The van der Waals surface area contributed by atoms with E-state index in [0.717, 1.165) is 0 Å². The van der Waals surface area contributed by atoms with Gasteiger partial charge in [0, 0.05) is 6.42 Å². The first kappa shape index (κ1) is 13.0. The van der Waals surface area contributed by atoms with Crippen molar-refractivity contribution in [2.45, 2.75) is 51.4 Å². The van der Waals surface area contributed by atoms with E-state index >= 15 is 0 Å². The van der Waals surface area contributed by atoms with E-state index in [1.807, 2.05) is 6.92 Å². The SMILES string of the molecule is C[C@@H](C[C@@H](O)CC[C@H]1OC(=O)[C@@H]1C)OC=O. The van der Waals surface area contributed by atoms with Crippen molar-refractivity contribution in [2.75, 3.05) is 0 Å². The van der Waals surface area contributed by atoms with Crippen molar-refractivity contribution in [2.24, 2.45) is 5.92 Å². The molecule has 5 nitrogen and oxygen atoms in total. The van der Waals surface area contributed by atoms with Gasteiger partial charge in [-0.1, -0.05) is 0 Å². The molecule has 0 amide bonds. The molecular formula is C11H18O5. The van der Waals surface area contributed by atoms with Gasteiger partial charge in [-0.25, -0.2) is 0 Å². The van der Waals surface area contributed by atoms with E-state index in [-0.39, 0.29) is 24.1 Å². The van der Waals surface area contributed by atoms with Crippen LogP contribution in [0, 0.1) is 5.92 Å². The van der Waals surface area contributed by atoms with Crippen molar-refractivity contribution in [3.63, 3.8) is 0 Å². The van der Waals surface area contributed by atoms with Gasteiger partial charge in [0.25, 0.3) is 6.47 Å². The number of cyclic esters (lactones) is 1. The average molecular weight is 230 g/mol. The molecule has 0 saturated carbocycles. The third kappa shape index (κ3) is 3.48. The molecule has 0 aromatic heterocycles. The van der Waals surface area contributed by atoms with E-state index in [0.29, 0.717) is 25.7 Å². The minimum Gasteiger partial charge on any atom is -0.465 e. The molecule has 0 radical (unpaired) electrons. The number of hydrogen-bond acceptors (Lipinski definition) is 5. The number of rotatable bonds is 7. The molecule has 0 aromatic rings. The Labute approximate surface area is 94.7 Å². The lowest BCUT2D eigenvalue weighted by Gasteiger charge is -2.33. The maximum atomic E-state index is 10.8. The third-order valence-electron chi connectivity index (χ3n) is 2.87. The quantitative estimate of drug-likeness (QED) is 0.513. The highest BCUT2D eigenvalue weighted by Gasteiger charge is 2.38. The Balaban J connectivity index is 2.13. The molecule has 0 spiro atoms. The fraction of sp³-hybridized carbons (Fsp3) is 0.818. The Hall–Kier alpha value is -1.10. The summed E-state index contributed by atoms with van der Waals surface area (Å²) in [6, 6.07) is 0. The Morgan fingerprint density at radius 3 is 2.81 bits per heavy atom. The molecule has 0 bridgehead atoms. The zero-order valence-electron chi connectivity index (χ0n) is 9.59. The van der Waals surface area contributed by atoms with E-state index in [4.69, 9.17) is 4.74 Å². The summed E-state index contributed by atoms with van der Waals surface area (Å²) in [7, 11) is 0. The predicted molar refractivity (Wildman–Crippen MR) is 55.5 cm³/mol. The van der Waals surface area contributed by atoms with Gasteiger partial charge >= 0.3 is 5.97 Å². The van der Waals surface area contributed by atoms with Crippen LogP contribution in [0.5, 0.6) is 0 Å². The predicted octanol–water partition coefficient (Wildman–Crippen LogP) is 0.641. The Morgan fingerprint density at radius 2 is 2.31 bits per heavy atom. The molecule has 16 heavy (non-hydrogen) atoms. The van der Waals surface area contributed by atoms with Crippen LogP contribution in [0.15, 0.2) is 0 Å². The van der Waals surface area contributed by atoms with E-state index in [1.54, 1.807) is 6.92 Å². The molecule has 1 aliphatic rings. The number of esters is 1. The monoisotopic (exact) mass is 230 g/mol. The number of aliphatic hydroxyl groups excluding tert-OH is 1. The summed E-state index contributed by atoms with van der Waals surface area (Å²) in [5.41, 5.74) is 0. The van der Waals surface area contributed by atoms with Crippen LogP contribution >= 0.6 is 0 Å². The molecule has 5 heteroatoms. The lowest BCUT2D eigenvalue weighted by molar-refractivity contribution is -0.183. The maximum Gasteiger partial charge on any atom is 0.312 e. The highest BCUT2D eigenvalue weighted by molar-refractivity contribution is 5.77. The first-order valence-electron chi connectivity index (χ1n) is 5.52. The first-order valence-corrected chi connectivity index (χ1v) is 5.52. The molecule has 1 saturated heterocycles. The van der Waals surface area contributed by atoms with Gasteiger partial charge in [0.15, 0.2) is 0 Å². The maximum absolute atomic E-state index is 10.8. The van der Waals surface area contributed by atoms with Crippen LogP contribution in [-0.2, 0) is 19.1 Å². The number of aliphatic hydroxyl groups is 1. The molecule has 0 unspecified atom stereocenters. The third-order valence-corrected chi connectivity index (χ3v) is 2.87. The van der Waals surface area contributed by atoms with Gasteiger partial charge in [0.2, 0.25) is 0 Å². The van der Waals surface area contributed by atoms with Crippen molar-refractivity contribution in [3.8, 4) is 0 Å². The van der Waals surface area contributed by atoms with E-state index in [9.17, 15) is 14.7 Å². The summed E-state index contributed by atoms with van der Waals surface area (Å²) in [5, 5.41) is 9.63. The Kier molecular flexibility index (Phi) is 4.73. The van der Waals surface area contributed by atoms with Crippen LogP contribution in [0.4, 0.5) is 0 Å². The smallest absolute Gasteiger partial charge is 0.312 e. The van der Waals surface area contributed by atoms with Crippen LogP contribution in [0.1, 0.15) is 33.1 Å². The summed E-state index contributed by atoms with van der Waals surface area (Å²) in [5.74, 6) is -0.229. The second kappa shape index (κ2) is 5.84. The van der Waals surface area contributed by atoms with Gasteiger partial charge in [-0.3, -0.25) is 9.59 Å². The highest BCUT2D eigenvalue weighted by atomic mass is 16.6. The van der Waals surface area contributed by atoms with Crippen LogP contribution in [-0.4, -0.2) is 35.9 Å². The van der Waals surface area contributed by atoms with E-state index < -0.39 is 6.10 Å². The van der Waals surface area contributed by atoms with Gasteiger partial charge < -0.3 is 14.6 Å². The fourth-order valence-electron chi connectivity index (χ4n) is 1.76. The molecule has 0 aromatic carbocycles. The van der Waals surface area contributed by atoms with Gasteiger partial charge in [-0.15, -0.1) is 0 Å². The van der Waals surface area contributed by atoms with Gasteiger partial charge in [-0.05, 0) is 26.7 Å². The Bertz CT molecular complexity index is 253. The number of carbonyl (C=O) groups is 2. The summed E-state index contributed by atoms with van der Waals surface area (Å²) in [6.45, 7) is 3.93. The molecule has 1 aliphatic heterocycles. The molecule has 4 atom stereocenters. The molecule has 92 valence electrons.